The molecule has 1 aliphatic rings. The first kappa shape index (κ1) is 26.8. The lowest BCUT2D eigenvalue weighted by atomic mass is 9.74. The van der Waals surface area contributed by atoms with Crippen molar-refractivity contribution in [3.8, 4) is 11.5 Å². The zero-order chi connectivity index (χ0) is 26.7. The molecule has 37 heavy (non-hydrogen) atoms. The third-order valence-electron chi connectivity index (χ3n) is 7.50. The number of nitrogens with zero attached hydrogens (tertiary/aromatic N) is 2. The Morgan fingerprint density at radius 2 is 1.89 bits per heavy atom. The van der Waals surface area contributed by atoms with Crippen LogP contribution in [0.5, 0.6) is 11.5 Å². The van der Waals surface area contributed by atoms with E-state index >= 15 is 0 Å². The molecule has 7 heteroatoms. The van der Waals surface area contributed by atoms with Crippen LogP contribution < -0.4 is 14.8 Å². The summed E-state index contributed by atoms with van der Waals surface area (Å²) >= 11 is 0. The molecule has 0 aliphatic heterocycles. The number of methoxy groups -OCH3 is 1. The minimum Gasteiger partial charge on any atom is -0.496 e. The fourth-order valence-corrected chi connectivity index (χ4v) is 5.68. The molecule has 0 unspecified atom stereocenters. The van der Waals surface area contributed by atoms with E-state index in [0.717, 1.165) is 40.4 Å². The van der Waals surface area contributed by atoms with Crippen molar-refractivity contribution in [2.24, 2.45) is 17.8 Å². The summed E-state index contributed by atoms with van der Waals surface area (Å²) in [4.78, 5) is 16.3. The predicted octanol–water partition coefficient (Wildman–Crippen LogP) is 7.23. The summed E-state index contributed by atoms with van der Waals surface area (Å²) in [6, 6.07) is 12.3. The van der Waals surface area contributed by atoms with Crippen molar-refractivity contribution in [3.63, 3.8) is 0 Å². The van der Waals surface area contributed by atoms with Crippen LogP contribution in [0.3, 0.4) is 0 Å². The fourth-order valence-electron chi connectivity index (χ4n) is 5.68. The molecule has 2 N–H and O–H groups in total. The summed E-state index contributed by atoms with van der Waals surface area (Å²) in [6.45, 7) is 11.0. The first-order valence-corrected chi connectivity index (χ1v) is 13.5. The summed E-state index contributed by atoms with van der Waals surface area (Å²) < 4.78 is 13.9. The number of ether oxygens (including phenoxy) is 2. The molecule has 1 saturated carbocycles. The zero-order valence-electron chi connectivity index (χ0n) is 23.0. The number of aromatic nitrogens is 2. The van der Waals surface area contributed by atoms with Crippen LogP contribution in [0.15, 0.2) is 36.4 Å². The number of aryl methyl sites for hydroxylation is 1. The van der Waals surface area contributed by atoms with E-state index in [2.05, 4.69) is 30.7 Å². The average Bonchev–Trinajstić information content (AvgIpc) is 3.18. The number of nitrogens with one attached hydrogen (secondary N) is 1. The van der Waals surface area contributed by atoms with Crippen LogP contribution in [0.4, 0.5) is 11.6 Å². The second-order valence-corrected chi connectivity index (χ2v) is 11.1. The van der Waals surface area contributed by atoms with Crippen LogP contribution in [0.1, 0.15) is 71.9 Å². The number of hydrogen-bond donors (Lipinski definition) is 2. The fraction of sp³-hybridized carbons (Fsp3) is 0.533. The number of carboxylic acid groups (broad SMARTS) is 1. The van der Waals surface area contributed by atoms with E-state index in [1.54, 1.807) is 7.11 Å². The second kappa shape index (κ2) is 11.4. The number of imidazole rings is 1. The zero-order valence-corrected chi connectivity index (χ0v) is 23.0. The van der Waals surface area contributed by atoms with Gasteiger partial charge in [-0.05, 0) is 86.8 Å². The van der Waals surface area contributed by atoms with E-state index < -0.39 is 5.97 Å². The molecule has 0 bridgehead atoms. The van der Waals surface area contributed by atoms with E-state index in [9.17, 15) is 9.90 Å². The molecule has 3 atom stereocenters. The third kappa shape index (κ3) is 6.20. The smallest absolute Gasteiger partial charge is 0.303 e. The van der Waals surface area contributed by atoms with Gasteiger partial charge in [0.1, 0.15) is 11.5 Å². The molecule has 1 heterocycles. The van der Waals surface area contributed by atoms with Crippen molar-refractivity contribution in [1.82, 2.24) is 9.55 Å². The van der Waals surface area contributed by atoms with Gasteiger partial charge in [0.25, 0.3) is 0 Å². The van der Waals surface area contributed by atoms with Gasteiger partial charge in [-0.15, -0.1) is 0 Å². The first-order chi connectivity index (χ1) is 17.7. The van der Waals surface area contributed by atoms with E-state index in [1.807, 2.05) is 50.2 Å². The van der Waals surface area contributed by atoms with Crippen molar-refractivity contribution in [1.29, 1.82) is 0 Å². The molecule has 2 aromatic carbocycles. The molecule has 0 radical (unpaired) electrons. The van der Waals surface area contributed by atoms with E-state index in [0.29, 0.717) is 36.0 Å². The van der Waals surface area contributed by atoms with Crippen LogP contribution in [0.25, 0.3) is 11.0 Å². The summed E-state index contributed by atoms with van der Waals surface area (Å²) in [5.41, 5.74) is 3.67. The molecule has 4 rings (SSSR count). The first-order valence-electron chi connectivity index (χ1n) is 13.5. The minimum atomic E-state index is -0.823. The number of aliphatic carboxylic acids is 1. The molecule has 200 valence electrons. The topological polar surface area (TPSA) is 85.6 Å². The maximum atomic E-state index is 11.2. The van der Waals surface area contributed by atoms with Gasteiger partial charge in [0.2, 0.25) is 5.95 Å². The third-order valence-corrected chi connectivity index (χ3v) is 7.50. The molecule has 3 aromatic rings. The summed E-state index contributed by atoms with van der Waals surface area (Å²) in [7, 11) is 1.64. The van der Waals surface area contributed by atoms with Crippen molar-refractivity contribution in [2.45, 2.75) is 78.9 Å². The van der Waals surface area contributed by atoms with Crippen molar-refractivity contribution in [3.05, 3.63) is 42.0 Å². The van der Waals surface area contributed by atoms with Gasteiger partial charge in [-0.3, -0.25) is 4.79 Å². The Morgan fingerprint density at radius 1 is 1.16 bits per heavy atom. The average molecular weight is 508 g/mol. The number of fused-ring (bicyclic) bond motifs is 1. The van der Waals surface area contributed by atoms with E-state index in [1.165, 1.54) is 12.8 Å². The Balaban J connectivity index is 1.81. The van der Waals surface area contributed by atoms with Crippen molar-refractivity contribution < 1.29 is 19.4 Å². The van der Waals surface area contributed by atoms with Crippen molar-refractivity contribution >= 4 is 28.6 Å². The predicted molar refractivity (Wildman–Crippen MR) is 148 cm³/mol. The highest BCUT2D eigenvalue weighted by Crippen LogP contribution is 2.45. The Bertz CT molecular complexity index is 1220. The van der Waals surface area contributed by atoms with Crippen LogP contribution in [0, 0.1) is 17.8 Å². The largest absolute Gasteiger partial charge is 0.496 e. The van der Waals surface area contributed by atoms with Gasteiger partial charge >= 0.3 is 5.97 Å². The molecule has 0 spiro atoms. The quantitative estimate of drug-likeness (QED) is 0.301. The molecular weight excluding hydrogens is 466 g/mol. The molecule has 7 nitrogen and oxygen atoms in total. The monoisotopic (exact) mass is 507 g/mol. The highest BCUT2D eigenvalue weighted by molar-refractivity contribution is 5.83. The van der Waals surface area contributed by atoms with E-state index in [-0.39, 0.29) is 12.5 Å². The highest BCUT2D eigenvalue weighted by Gasteiger charge is 2.34. The van der Waals surface area contributed by atoms with Crippen molar-refractivity contribution in [2.75, 3.05) is 12.4 Å². The van der Waals surface area contributed by atoms with Crippen LogP contribution >= 0.6 is 0 Å². The van der Waals surface area contributed by atoms with Gasteiger partial charge in [0, 0.05) is 24.2 Å². The maximum absolute atomic E-state index is 11.2. The summed E-state index contributed by atoms with van der Waals surface area (Å²) in [5.74, 6) is 3.24. The molecular formula is C30H41N3O4. The van der Waals surface area contributed by atoms with E-state index in [4.69, 9.17) is 14.5 Å². The van der Waals surface area contributed by atoms with Crippen LogP contribution in [0.2, 0.25) is 0 Å². The van der Waals surface area contributed by atoms with Gasteiger partial charge in [-0.25, -0.2) is 4.98 Å². The van der Waals surface area contributed by atoms with Crippen LogP contribution in [-0.2, 0) is 11.2 Å². The SMILES string of the molecule is COc1cc2c(cc1CCC(=O)O)nc(Nc1ccc(OC(C)C)cc1)n2[C@@H]1C[C@H](C)CC[C@H]1C(C)C. The number of carbonyl (C=O) groups is 1. The Kier molecular flexibility index (Phi) is 8.30. The Hall–Kier alpha value is -3.22. The normalized spacial score (nSPS) is 19.9. The minimum absolute atomic E-state index is 0.0496. The van der Waals surface area contributed by atoms with Gasteiger partial charge in [0.05, 0.1) is 24.2 Å². The molecule has 1 fully saturated rings. The number of carboxylic acids is 1. The highest BCUT2D eigenvalue weighted by atomic mass is 16.5. The molecule has 1 aromatic heterocycles. The lowest BCUT2D eigenvalue weighted by Gasteiger charge is -2.39. The second-order valence-electron chi connectivity index (χ2n) is 11.1. The summed E-state index contributed by atoms with van der Waals surface area (Å²) in [5, 5.41) is 12.8. The Morgan fingerprint density at radius 3 is 2.51 bits per heavy atom. The Labute approximate surface area is 220 Å². The van der Waals surface area contributed by atoms with Gasteiger partial charge in [0.15, 0.2) is 0 Å². The standard InChI is InChI=1S/C30H41N3O4/c1-18(2)24-13-7-20(5)15-26(24)33-27-17-28(36-6)21(8-14-29(34)35)16-25(27)32-30(33)31-22-9-11-23(12-10-22)37-19(3)4/h9-12,16-20,24,26H,7-8,13-15H2,1-6H3,(H,31,32)(H,34,35)/t20-,24+,26-/m1/s1. The van der Waals surface area contributed by atoms with Gasteiger partial charge in [-0.2, -0.15) is 0 Å². The van der Waals surface area contributed by atoms with Gasteiger partial charge < -0.3 is 24.5 Å². The number of hydrogen-bond acceptors (Lipinski definition) is 5. The lowest BCUT2D eigenvalue weighted by Crippen LogP contribution is -2.30. The lowest BCUT2D eigenvalue weighted by molar-refractivity contribution is -0.136. The van der Waals surface area contributed by atoms with Gasteiger partial charge in [-0.1, -0.05) is 27.2 Å². The molecule has 0 amide bonds. The molecule has 1 aliphatic carbocycles. The summed E-state index contributed by atoms with van der Waals surface area (Å²) in [6.07, 6.45) is 4.10. The number of benzene rings is 2. The van der Waals surface area contributed by atoms with Crippen LogP contribution in [-0.4, -0.2) is 33.8 Å². The number of rotatable bonds is 10. The number of anilines is 2. The maximum Gasteiger partial charge on any atom is 0.303 e. The molecule has 0 saturated heterocycles.